The summed E-state index contributed by atoms with van der Waals surface area (Å²) in [6, 6.07) is 19.6. The summed E-state index contributed by atoms with van der Waals surface area (Å²) >= 11 is 3.48. The van der Waals surface area contributed by atoms with Crippen molar-refractivity contribution in [2.45, 2.75) is 32.4 Å². The summed E-state index contributed by atoms with van der Waals surface area (Å²) in [5.74, 6) is 1.33. The second-order valence-electron chi connectivity index (χ2n) is 8.23. The summed E-state index contributed by atoms with van der Waals surface area (Å²) in [6.07, 6.45) is 3.94. The monoisotopic (exact) mass is 479 g/mol. The van der Waals surface area contributed by atoms with Crippen molar-refractivity contribution in [3.05, 3.63) is 76.4 Å². The molecule has 0 saturated carbocycles. The Hall–Kier alpha value is -2.28. The molecule has 1 aromatic heterocycles. The lowest BCUT2D eigenvalue weighted by Crippen LogP contribution is -2.45. The highest BCUT2D eigenvalue weighted by Crippen LogP contribution is 2.20. The molecule has 3 N–H and O–H groups in total. The van der Waals surface area contributed by atoms with Crippen LogP contribution in [0.5, 0.6) is 0 Å². The van der Waals surface area contributed by atoms with Crippen LogP contribution in [0.3, 0.4) is 0 Å². The smallest absolute Gasteiger partial charge is 0.223 e. The molecule has 3 aromatic rings. The average Bonchev–Trinajstić information content (AvgIpc) is 2.80. The van der Waals surface area contributed by atoms with Gasteiger partial charge < -0.3 is 16.0 Å². The van der Waals surface area contributed by atoms with E-state index in [0.29, 0.717) is 17.9 Å². The Morgan fingerprint density at radius 1 is 1.10 bits per heavy atom. The summed E-state index contributed by atoms with van der Waals surface area (Å²) in [7, 11) is 0. The quantitative estimate of drug-likeness (QED) is 0.438. The van der Waals surface area contributed by atoms with E-state index in [1.54, 1.807) is 0 Å². The minimum atomic E-state index is 0.575. The molecule has 1 aliphatic heterocycles. The minimum Gasteiger partial charge on any atom is -0.354 e. The number of nitrogens with one attached hydrogen (secondary N) is 3. The van der Waals surface area contributed by atoms with Crippen molar-refractivity contribution in [3.8, 4) is 11.3 Å². The van der Waals surface area contributed by atoms with Crippen molar-refractivity contribution in [3.63, 3.8) is 0 Å². The topological polar surface area (TPSA) is 61.9 Å². The third-order valence-corrected chi connectivity index (χ3v) is 6.37. The van der Waals surface area contributed by atoms with E-state index in [0.717, 1.165) is 48.3 Å². The van der Waals surface area contributed by atoms with Crippen molar-refractivity contribution >= 4 is 21.9 Å². The summed E-state index contributed by atoms with van der Waals surface area (Å²) < 4.78 is 1.10. The second kappa shape index (κ2) is 10.8. The van der Waals surface area contributed by atoms with Crippen LogP contribution in [0.1, 0.15) is 24.5 Å². The number of halogens is 1. The number of nitrogens with zero attached hydrogens (tertiary/aromatic N) is 2. The first-order chi connectivity index (χ1) is 15.2. The van der Waals surface area contributed by atoms with E-state index >= 15 is 0 Å². The molecule has 0 radical (unpaired) electrons. The fourth-order valence-corrected chi connectivity index (χ4v) is 4.25. The zero-order chi connectivity index (χ0) is 21.5. The molecule has 2 atom stereocenters. The fraction of sp³-hybridized carbons (Fsp3) is 0.360. The molecule has 5 nitrogen and oxygen atoms in total. The molecular formula is C25H30BrN5. The molecule has 2 heterocycles. The van der Waals surface area contributed by atoms with E-state index in [1.165, 1.54) is 17.5 Å². The first-order valence-corrected chi connectivity index (χ1v) is 11.8. The molecule has 0 unspecified atom stereocenters. The van der Waals surface area contributed by atoms with E-state index in [4.69, 9.17) is 4.98 Å². The van der Waals surface area contributed by atoms with Gasteiger partial charge in [-0.1, -0.05) is 53.2 Å². The Balaban J connectivity index is 1.35. The van der Waals surface area contributed by atoms with Crippen LogP contribution >= 0.6 is 15.9 Å². The molecule has 0 bridgehead atoms. The molecule has 1 saturated heterocycles. The van der Waals surface area contributed by atoms with Crippen LogP contribution < -0.4 is 16.0 Å². The molecule has 0 amide bonds. The minimum absolute atomic E-state index is 0.575. The number of hydrogen-bond donors (Lipinski definition) is 3. The largest absolute Gasteiger partial charge is 0.354 e. The van der Waals surface area contributed by atoms with Crippen LogP contribution in [0.4, 0.5) is 5.95 Å². The van der Waals surface area contributed by atoms with Gasteiger partial charge >= 0.3 is 0 Å². The maximum Gasteiger partial charge on any atom is 0.223 e. The summed E-state index contributed by atoms with van der Waals surface area (Å²) in [5, 5.41) is 10.6. The van der Waals surface area contributed by atoms with E-state index < -0.39 is 0 Å². The van der Waals surface area contributed by atoms with E-state index in [9.17, 15) is 0 Å². The van der Waals surface area contributed by atoms with Crippen LogP contribution in [0.2, 0.25) is 0 Å². The third-order valence-electron chi connectivity index (χ3n) is 5.84. The predicted octanol–water partition coefficient (Wildman–Crippen LogP) is 4.65. The maximum absolute atomic E-state index is 4.73. The van der Waals surface area contributed by atoms with Crippen molar-refractivity contribution in [2.24, 2.45) is 5.92 Å². The van der Waals surface area contributed by atoms with Crippen LogP contribution in [0.25, 0.3) is 11.3 Å². The van der Waals surface area contributed by atoms with Gasteiger partial charge in [-0.3, -0.25) is 0 Å². The van der Waals surface area contributed by atoms with E-state index in [1.807, 2.05) is 12.3 Å². The SMILES string of the molecule is C[C@H]1CNCC[C@H]1NCc1cccc(-c2ccnc(NCCc3ccc(Br)cc3)n2)c1. The number of piperidine rings is 1. The Morgan fingerprint density at radius 3 is 2.81 bits per heavy atom. The predicted molar refractivity (Wildman–Crippen MR) is 131 cm³/mol. The molecule has 4 rings (SSSR count). The standard InChI is InChI=1S/C25H30BrN5/c1-18-16-27-12-10-23(18)30-17-20-3-2-4-21(15-20)24-11-14-29-25(31-24)28-13-9-19-5-7-22(26)8-6-19/h2-8,11,14-15,18,23,27,30H,9-10,12-13,16-17H2,1H3,(H,28,29,31)/t18-,23+/m0/s1. The first-order valence-electron chi connectivity index (χ1n) is 11.0. The van der Waals surface area contributed by atoms with Gasteiger partial charge in [0.2, 0.25) is 5.95 Å². The molecular weight excluding hydrogens is 450 g/mol. The van der Waals surface area contributed by atoms with Gasteiger partial charge in [-0.2, -0.15) is 0 Å². The van der Waals surface area contributed by atoms with Gasteiger partial charge in [0.1, 0.15) is 0 Å². The highest BCUT2D eigenvalue weighted by atomic mass is 79.9. The molecule has 31 heavy (non-hydrogen) atoms. The Kier molecular flexibility index (Phi) is 7.67. The van der Waals surface area contributed by atoms with Crippen LogP contribution in [0, 0.1) is 5.92 Å². The van der Waals surface area contributed by atoms with E-state index in [2.05, 4.69) is 92.3 Å². The number of rotatable bonds is 8. The van der Waals surface area contributed by atoms with Crippen molar-refractivity contribution < 1.29 is 0 Å². The average molecular weight is 480 g/mol. The van der Waals surface area contributed by atoms with Crippen LogP contribution in [-0.4, -0.2) is 35.6 Å². The van der Waals surface area contributed by atoms with Gasteiger partial charge in [0.05, 0.1) is 5.69 Å². The van der Waals surface area contributed by atoms with Gasteiger partial charge in [-0.05, 0) is 67.2 Å². The normalized spacial score (nSPS) is 18.6. The highest BCUT2D eigenvalue weighted by Gasteiger charge is 2.20. The van der Waals surface area contributed by atoms with Crippen LogP contribution in [-0.2, 0) is 13.0 Å². The van der Waals surface area contributed by atoms with Gasteiger partial charge in [0.15, 0.2) is 0 Å². The third kappa shape index (κ3) is 6.35. The van der Waals surface area contributed by atoms with Gasteiger partial charge in [0.25, 0.3) is 0 Å². The van der Waals surface area contributed by atoms with Crippen LogP contribution in [0.15, 0.2) is 65.3 Å². The molecule has 2 aromatic carbocycles. The summed E-state index contributed by atoms with van der Waals surface area (Å²) in [4.78, 5) is 9.12. The Bertz CT molecular complexity index is 976. The van der Waals surface area contributed by atoms with Gasteiger partial charge in [-0.15, -0.1) is 0 Å². The second-order valence-corrected chi connectivity index (χ2v) is 9.14. The number of hydrogen-bond acceptors (Lipinski definition) is 5. The summed E-state index contributed by atoms with van der Waals surface area (Å²) in [5.41, 5.74) is 4.64. The first kappa shape index (κ1) is 21.9. The number of anilines is 1. The fourth-order valence-electron chi connectivity index (χ4n) is 3.98. The lowest BCUT2D eigenvalue weighted by molar-refractivity contribution is 0.295. The molecule has 162 valence electrons. The van der Waals surface area contributed by atoms with Gasteiger partial charge in [-0.25, -0.2) is 9.97 Å². The Labute approximate surface area is 193 Å². The maximum atomic E-state index is 4.73. The lowest BCUT2D eigenvalue weighted by Gasteiger charge is -2.30. The van der Waals surface area contributed by atoms with Crippen molar-refractivity contribution in [1.82, 2.24) is 20.6 Å². The molecule has 0 spiro atoms. The van der Waals surface area contributed by atoms with Crippen molar-refractivity contribution in [2.75, 3.05) is 25.0 Å². The number of aromatic nitrogens is 2. The molecule has 0 aliphatic carbocycles. The number of benzene rings is 2. The van der Waals surface area contributed by atoms with Crippen molar-refractivity contribution in [1.29, 1.82) is 0 Å². The van der Waals surface area contributed by atoms with Gasteiger partial charge in [0, 0.05) is 35.4 Å². The molecule has 1 aliphatic rings. The molecule has 1 fully saturated rings. The zero-order valence-electron chi connectivity index (χ0n) is 17.9. The highest BCUT2D eigenvalue weighted by molar-refractivity contribution is 9.10. The Morgan fingerprint density at radius 2 is 1.97 bits per heavy atom. The molecule has 6 heteroatoms. The zero-order valence-corrected chi connectivity index (χ0v) is 19.5. The lowest BCUT2D eigenvalue weighted by atomic mass is 9.95. The van der Waals surface area contributed by atoms with E-state index in [-0.39, 0.29) is 0 Å². The summed E-state index contributed by atoms with van der Waals surface area (Å²) in [6.45, 7) is 6.18.